The number of benzene rings is 1. The van der Waals surface area contributed by atoms with Gasteiger partial charge in [0.2, 0.25) is 0 Å². The Hall–Kier alpha value is -2.30. The quantitative estimate of drug-likeness (QED) is 0.881. The van der Waals surface area contributed by atoms with Crippen LogP contribution in [0.5, 0.6) is 11.5 Å². The Morgan fingerprint density at radius 1 is 1.47 bits per heavy atom. The summed E-state index contributed by atoms with van der Waals surface area (Å²) in [6.07, 6.45) is 3.34. The van der Waals surface area contributed by atoms with Crippen molar-refractivity contribution in [1.82, 2.24) is 9.78 Å². The first-order valence-electron chi connectivity index (χ1n) is 5.06. The second kappa shape index (κ2) is 4.29. The average Bonchev–Trinajstić information content (AvgIpc) is 2.67. The van der Waals surface area contributed by atoms with Gasteiger partial charge in [0.05, 0.1) is 18.0 Å². The Morgan fingerprint density at radius 2 is 2.24 bits per heavy atom. The summed E-state index contributed by atoms with van der Waals surface area (Å²) in [5.74, 6) is 0.308. The molecule has 0 saturated heterocycles. The Balaban J connectivity index is 2.25. The van der Waals surface area contributed by atoms with Crippen LogP contribution in [0.4, 0.5) is 0 Å². The first-order chi connectivity index (χ1) is 8.06. The van der Waals surface area contributed by atoms with E-state index in [4.69, 9.17) is 9.84 Å². The van der Waals surface area contributed by atoms with Gasteiger partial charge < -0.3 is 9.84 Å². The third kappa shape index (κ3) is 2.44. The van der Waals surface area contributed by atoms with Crippen LogP contribution in [0, 0.1) is 6.92 Å². The highest BCUT2D eigenvalue weighted by molar-refractivity contribution is 5.88. The molecule has 0 saturated carbocycles. The van der Waals surface area contributed by atoms with Crippen molar-refractivity contribution >= 4 is 5.97 Å². The normalized spacial score (nSPS) is 10.2. The lowest BCUT2D eigenvalue weighted by molar-refractivity contribution is 0.0697. The molecule has 0 spiro atoms. The maximum absolute atomic E-state index is 10.8. The van der Waals surface area contributed by atoms with Gasteiger partial charge in [-0.05, 0) is 30.7 Å². The number of rotatable bonds is 3. The van der Waals surface area contributed by atoms with Crippen LogP contribution in [-0.4, -0.2) is 20.9 Å². The Kier molecular flexibility index (Phi) is 2.82. The van der Waals surface area contributed by atoms with E-state index in [1.54, 1.807) is 43.2 Å². The minimum atomic E-state index is -0.943. The van der Waals surface area contributed by atoms with Crippen LogP contribution in [0.1, 0.15) is 15.9 Å². The topological polar surface area (TPSA) is 64.3 Å². The van der Waals surface area contributed by atoms with Gasteiger partial charge >= 0.3 is 5.97 Å². The highest BCUT2D eigenvalue weighted by atomic mass is 16.5. The zero-order valence-electron chi connectivity index (χ0n) is 9.54. The maximum Gasteiger partial charge on any atom is 0.335 e. The van der Waals surface area contributed by atoms with Crippen LogP contribution in [0.3, 0.4) is 0 Å². The lowest BCUT2D eigenvalue weighted by atomic mass is 10.1. The van der Waals surface area contributed by atoms with Crippen LogP contribution < -0.4 is 4.74 Å². The van der Waals surface area contributed by atoms with Crippen molar-refractivity contribution in [2.24, 2.45) is 7.05 Å². The SMILES string of the molecule is Cc1cc(C(=O)O)ccc1Oc1cnn(C)c1. The van der Waals surface area contributed by atoms with E-state index in [2.05, 4.69) is 5.10 Å². The predicted molar refractivity (Wildman–Crippen MR) is 61.4 cm³/mol. The minimum Gasteiger partial charge on any atom is -0.478 e. The fourth-order valence-electron chi connectivity index (χ4n) is 1.48. The molecule has 0 aliphatic carbocycles. The van der Waals surface area contributed by atoms with E-state index >= 15 is 0 Å². The lowest BCUT2D eigenvalue weighted by Crippen LogP contribution is -1.97. The van der Waals surface area contributed by atoms with Gasteiger partial charge in [-0.1, -0.05) is 0 Å². The summed E-state index contributed by atoms with van der Waals surface area (Å²) in [4.78, 5) is 10.8. The van der Waals surface area contributed by atoms with Crippen molar-refractivity contribution in [2.75, 3.05) is 0 Å². The van der Waals surface area contributed by atoms with Gasteiger partial charge in [-0.3, -0.25) is 4.68 Å². The number of aryl methyl sites for hydroxylation is 2. The number of nitrogens with zero attached hydrogens (tertiary/aromatic N) is 2. The van der Waals surface area contributed by atoms with E-state index in [-0.39, 0.29) is 5.56 Å². The van der Waals surface area contributed by atoms with E-state index in [1.165, 1.54) is 6.07 Å². The fraction of sp³-hybridized carbons (Fsp3) is 0.167. The van der Waals surface area contributed by atoms with Crippen molar-refractivity contribution in [3.63, 3.8) is 0 Å². The number of aromatic nitrogens is 2. The van der Waals surface area contributed by atoms with Crippen molar-refractivity contribution in [1.29, 1.82) is 0 Å². The van der Waals surface area contributed by atoms with Gasteiger partial charge in [0.15, 0.2) is 5.75 Å². The molecule has 88 valence electrons. The first kappa shape index (κ1) is 11.2. The number of aromatic carboxylic acids is 1. The van der Waals surface area contributed by atoms with Crippen LogP contribution in [0.15, 0.2) is 30.6 Å². The van der Waals surface area contributed by atoms with Gasteiger partial charge in [0.1, 0.15) is 5.75 Å². The van der Waals surface area contributed by atoms with Crippen LogP contribution in [-0.2, 0) is 7.05 Å². The summed E-state index contributed by atoms with van der Waals surface area (Å²) in [5, 5.41) is 12.8. The molecule has 0 unspecified atom stereocenters. The number of carbonyl (C=O) groups is 1. The molecule has 0 aliphatic heterocycles. The number of carboxylic acid groups (broad SMARTS) is 1. The van der Waals surface area contributed by atoms with E-state index in [0.717, 1.165) is 5.56 Å². The molecule has 0 atom stereocenters. The molecular formula is C12H12N2O3. The van der Waals surface area contributed by atoms with E-state index in [1.807, 2.05) is 0 Å². The summed E-state index contributed by atoms with van der Waals surface area (Å²) in [6.45, 7) is 1.80. The largest absolute Gasteiger partial charge is 0.478 e. The molecule has 2 aromatic rings. The lowest BCUT2D eigenvalue weighted by Gasteiger charge is -2.06. The standard InChI is InChI=1S/C12H12N2O3/c1-8-5-9(12(15)16)3-4-11(8)17-10-6-13-14(2)7-10/h3-7H,1-2H3,(H,15,16). The van der Waals surface area contributed by atoms with Gasteiger partial charge in [0.25, 0.3) is 0 Å². The smallest absolute Gasteiger partial charge is 0.335 e. The monoisotopic (exact) mass is 232 g/mol. The van der Waals surface area contributed by atoms with Gasteiger partial charge in [-0.2, -0.15) is 5.10 Å². The van der Waals surface area contributed by atoms with Crippen molar-refractivity contribution in [2.45, 2.75) is 6.92 Å². The highest BCUT2D eigenvalue weighted by Gasteiger charge is 2.07. The molecule has 1 aromatic heterocycles. The molecule has 1 heterocycles. The summed E-state index contributed by atoms with van der Waals surface area (Å²) in [5.41, 5.74) is 1.02. The third-order valence-electron chi connectivity index (χ3n) is 2.33. The zero-order chi connectivity index (χ0) is 12.4. The molecule has 1 aromatic carbocycles. The van der Waals surface area contributed by atoms with Gasteiger partial charge in [0, 0.05) is 7.05 Å². The molecule has 0 fully saturated rings. The fourth-order valence-corrected chi connectivity index (χ4v) is 1.48. The molecule has 5 nitrogen and oxygen atoms in total. The molecule has 0 radical (unpaired) electrons. The molecule has 0 bridgehead atoms. The number of hydrogen-bond acceptors (Lipinski definition) is 3. The summed E-state index contributed by atoms with van der Waals surface area (Å²) in [7, 11) is 1.80. The average molecular weight is 232 g/mol. The minimum absolute atomic E-state index is 0.251. The van der Waals surface area contributed by atoms with Crippen molar-refractivity contribution in [3.8, 4) is 11.5 Å². The van der Waals surface area contributed by atoms with Crippen LogP contribution in [0.2, 0.25) is 0 Å². The second-order valence-corrected chi connectivity index (χ2v) is 3.74. The van der Waals surface area contributed by atoms with E-state index in [0.29, 0.717) is 11.5 Å². The predicted octanol–water partition coefficient (Wildman–Crippen LogP) is 2.22. The van der Waals surface area contributed by atoms with Crippen molar-refractivity contribution in [3.05, 3.63) is 41.7 Å². The zero-order valence-corrected chi connectivity index (χ0v) is 9.54. The Morgan fingerprint density at radius 3 is 2.76 bits per heavy atom. The summed E-state index contributed by atoms with van der Waals surface area (Å²) in [6, 6.07) is 4.74. The van der Waals surface area contributed by atoms with E-state index < -0.39 is 5.97 Å². The number of hydrogen-bond donors (Lipinski definition) is 1. The number of ether oxygens (including phenoxy) is 1. The molecule has 5 heteroatoms. The van der Waals surface area contributed by atoms with Crippen molar-refractivity contribution < 1.29 is 14.6 Å². The molecule has 2 rings (SSSR count). The van der Waals surface area contributed by atoms with Gasteiger partial charge in [-0.25, -0.2) is 4.79 Å². The van der Waals surface area contributed by atoms with E-state index in [9.17, 15) is 4.79 Å². The number of carboxylic acids is 1. The maximum atomic E-state index is 10.8. The summed E-state index contributed by atoms with van der Waals surface area (Å²) >= 11 is 0. The second-order valence-electron chi connectivity index (χ2n) is 3.74. The Bertz CT molecular complexity index is 561. The van der Waals surface area contributed by atoms with Crippen LogP contribution in [0.25, 0.3) is 0 Å². The molecular weight excluding hydrogens is 220 g/mol. The highest BCUT2D eigenvalue weighted by Crippen LogP contribution is 2.25. The Labute approximate surface area is 98.3 Å². The molecule has 1 N–H and O–H groups in total. The van der Waals surface area contributed by atoms with Crippen LogP contribution >= 0.6 is 0 Å². The summed E-state index contributed by atoms with van der Waals surface area (Å²) < 4.78 is 7.22. The molecule has 0 aliphatic rings. The first-order valence-corrected chi connectivity index (χ1v) is 5.06. The molecule has 17 heavy (non-hydrogen) atoms. The third-order valence-corrected chi connectivity index (χ3v) is 2.33. The molecule has 0 amide bonds. The van der Waals surface area contributed by atoms with Gasteiger partial charge in [-0.15, -0.1) is 0 Å².